The number of hydrazine groups is 1. The first-order valence-corrected chi connectivity index (χ1v) is 8.03. The molecule has 0 saturated carbocycles. The standard InChI is InChI=1S/C13H14Br2N2S/c14-12-4-2-1-3-9(12)7-10(17-16)8-11-5-6-13(15)18-11/h1-6,10,17H,7-8,16H2. The fourth-order valence-electron chi connectivity index (χ4n) is 1.82. The second kappa shape index (κ2) is 6.82. The molecule has 0 fully saturated rings. The van der Waals surface area contributed by atoms with Crippen LogP contribution in [-0.4, -0.2) is 6.04 Å². The topological polar surface area (TPSA) is 38.0 Å². The number of benzene rings is 1. The predicted octanol–water partition coefficient (Wildman–Crippen LogP) is 3.89. The average Bonchev–Trinajstić information content (AvgIpc) is 2.76. The van der Waals surface area contributed by atoms with E-state index in [-0.39, 0.29) is 6.04 Å². The molecule has 0 spiro atoms. The number of halogens is 2. The molecule has 0 bridgehead atoms. The summed E-state index contributed by atoms with van der Waals surface area (Å²) in [5, 5.41) is 0. The molecule has 1 aromatic heterocycles. The zero-order valence-corrected chi connectivity index (χ0v) is 13.7. The highest BCUT2D eigenvalue weighted by Gasteiger charge is 2.11. The normalized spacial score (nSPS) is 12.6. The summed E-state index contributed by atoms with van der Waals surface area (Å²) in [6.07, 6.45) is 1.85. The molecule has 2 rings (SSSR count). The van der Waals surface area contributed by atoms with E-state index >= 15 is 0 Å². The lowest BCUT2D eigenvalue weighted by atomic mass is 10.0. The highest BCUT2D eigenvalue weighted by atomic mass is 79.9. The van der Waals surface area contributed by atoms with Gasteiger partial charge in [0.1, 0.15) is 0 Å². The molecule has 1 unspecified atom stereocenters. The van der Waals surface area contributed by atoms with E-state index in [0.717, 1.165) is 21.1 Å². The van der Waals surface area contributed by atoms with Crippen LogP contribution in [0.3, 0.4) is 0 Å². The van der Waals surface area contributed by atoms with Crippen LogP contribution < -0.4 is 11.3 Å². The van der Waals surface area contributed by atoms with Crippen molar-refractivity contribution in [3.05, 3.63) is 55.1 Å². The van der Waals surface area contributed by atoms with Gasteiger partial charge in [0.15, 0.2) is 0 Å². The number of nitrogens with two attached hydrogens (primary N) is 1. The Morgan fingerprint density at radius 1 is 1.11 bits per heavy atom. The third-order valence-corrected chi connectivity index (χ3v) is 5.16. The smallest absolute Gasteiger partial charge is 0.0701 e. The van der Waals surface area contributed by atoms with Crippen LogP contribution in [0, 0.1) is 0 Å². The molecule has 0 aliphatic rings. The maximum atomic E-state index is 5.65. The molecule has 0 radical (unpaired) electrons. The van der Waals surface area contributed by atoms with E-state index in [1.807, 2.05) is 6.07 Å². The van der Waals surface area contributed by atoms with Gasteiger partial charge in [-0.05, 0) is 52.5 Å². The number of rotatable bonds is 5. The number of thiophene rings is 1. The molecular weight excluding hydrogens is 376 g/mol. The maximum Gasteiger partial charge on any atom is 0.0701 e. The molecule has 18 heavy (non-hydrogen) atoms. The Kier molecular flexibility index (Phi) is 5.38. The van der Waals surface area contributed by atoms with Crippen LogP contribution in [0.1, 0.15) is 10.4 Å². The van der Waals surface area contributed by atoms with Gasteiger partial charge in [0.05, 0.1) is 3.79 Å². The van der Waals surface area contributed by atoms with Crippen molar-refractivity contribution in [2.24, 2.45) is 5.84 Å². The first-order chi connectivity index (χ1) is 8.69. The summed E-state index contributed by atoms with van der Waals surface area (Å²) < 4.78 is 2.30. The second-order valence-electron chi connectivity index (χ2n) is 4.07. The lowest BCUT2D eigenvalue weighted by Gasteiger charge is -2.15. The van der Waals surface area contributed by atoms with Crippen LogP contribution in [-0.2, 0) is 12.8 Å². The van der Waals surface area contributed by atoms with E-state index in [0.29, 0.717) is 0 Å². The van der Waals surface area contributed by atoms with Crippen molar-refractivity contribution in [3.63, 3.8) is 0 Å². The zero-order chi connectivity index (χ0) is 13.0. The summed E-state index contributed by atoms with van der Waals surface area (Å²) in [7, 11) is 0. The van der Waals surface area contributed by atoms with Crippen molar-refractivity contribution in [3.8, 4) is 0 Å². The summed E-state index contributed by atoms with van der Waals surface area (Å²) in [6.45, 7) is 0. The molecule has 0 saturated heterocycles. The van der Waals surface area contributed by atoms with Crippen LogP contribution in [0.15, 0.2) is 44.7 Å². The third-order valence-electron chi connectivity index (χ3n) is 2.74. The van der Waals surface area contributed by atoms with E-state index in [4.69, 9.17) is 5.84 Å². The fourth-order valence-corrected chi connectivity index (χ4v) is 3.83. The second-order valence-corrected chi connectivity index (χ2v) is 7.47. The SMILES string of the molecule is NNC(Cc1ccc(Br)s1)Cc1ccccc1Br. The Morgan fingerprint density at radius 3 is 2.50 bits per heavy atom. The van der Waals surface area contributed by atoms with Gasteiger partial charge in [-0.15, -0.1) is 11.3 Å². The Hall–Kier alpha value is -0.200. The molecule has 3 N–H and O–H groups in total. The van der Waals surface area contributed by atoms with E-state index in [1.54, 1.807) is 11.3 Å². The minimum absolute atomic E-state index is 0.245. The summed E-state index contributed by atoms with van der Waals surface area (Å²) in [4.78, 5) is 1.33. The lowest BCUT2D eigenvalue weighted by molar-refractivity contribution is 0.525. The van der Waals surface area contributed by atoms with E-state index in [9.17, 15) is 0 Å². The van der Waals surface area contributed by atoms with Gasteiger partial charge in [-0.3, -0.25) is 11.3 Å². The Balaban J connectivity index is 2.04. The minimum atomic E-state index is 0.245. The Morgan fingerprint density at radius 2 is 1.89 bits per heavy atom. The van der Waals surface area contributed by atoms with Crippen molar-refractivity contribution < 1.29 is 0 Å². The van der Waals surface area contributed by atoms with Gasteiger partial charge in [0, 0.05) is 15.4 Å². The van der Waals surface area contributed by atoms with Gasteiger partial charge in [0.2, 0.25) is 0 Å². The summed E-state index contributed by atoms with van der Waals surface area (Å²) >= 11 is 8.81. The maximum absolute atomic E-state index is 5.65. The van der Waals surface area contributed by atoms with Gasteiger partial charge in [-0.25, -0.2) is 0 Å². The molecule has 96 valence electrons. The Bertz CT molecular complexity index is 513. The van der Waals surface area contributed by atoms with Gasteiger partial charge in [0.25, 0.3) is 0 Å². The van der Waals surface area contributed by atoms with Gasteiger partial charge < -0.3 is 0 Å². The van der Waals surface area contributed by atoms with Crippen molar-refractivity contribution in [2.45, 2.75) is 18.9 Å². The molecule has 0 amide bonds. The quantitative estimate of drug-likeness (QED) is 0.601. The number of hydrogen-bond donors (Lipinski definition) is 2. The van der Waals surface area contributed by atoms with Gasteiger partial charge in [-0.2, -0.15) is 0 Å². The average molecular weight is 390 g/mol. The van der Waals surface area contributed by atoms with E-state index < -0.39 is 0 Å². The summed E-state index contributed by atoms with van der Waals surface area (Å²) in [5.41, 5.74) is 4.18. The first kappa shape index (κ1) is 14.2. The summed E-state index contributed by atoms with van der Waals surface area (Å²) in [6, 6.07) is 12.7. The number of hydrogen-bond acceptors (Lipinski definition) is 3. The van der Waals surface area contributed by atoms with Crippen LogP contribution >= 0.6 is 43.2 Å². The van der Waals surface area contributed by atoms with Gasteiger partial charge in [-0.1, -0.05) is 34.1 Å². The first-order valence-electron chi connectivity index (χ1n) is 5.63. The monoisotopic (exact) mass is 388 g/mol. The predicted molar refractivity (Wildman–Crippen MR) is 84.7 cm³/mol. The minimum Gasteiger partial charge on any atom is -0.271 e. The molecular formula is C13H14Br2N2S. The lowest BCUT2D eigenvalue weighted by Crippen LogP contribution is -2.38. The zero-order valence-electron chi connectivity index (χ0n) is 9.70. The van der Waals surface area contributed by atoms with E-state index in [1.165, 1.54) is 10.4 Å². The molecule has 1 aromatic carbocycles. The molecule has 1 heterocycles. The van der Waals surface area contributed by atoms with Crippen molar-refractivity contribution >= 4 is 43.2 Å². The Labute approximate surface area is 128 Å². The molecule has 0 aliphatic carbocycles. The van der Waals surface area contributed by atoms with E-state index in [2.05, 4.69) is 67.6 Å². The fraction of sp³-hybridized carbons (Fsp3) is 0.231. The van der Waals surface area contributed by atoms with Crippen molar-refractivity contribution in [2.75, 3.05) is 0 Å². The molecule has 2 aromatic rings. The van der Waals surface area contributed by atoms with Crippen molar-refractivity contribution in [1.82, 2.24) is 5.43 Å². The van der Waals surface area contributed by atoms with Crippen LogP contribution in [0.4, 0.5) is 0 Å². The molecule has 1 atom stereocenters. The van der Waals surface area contributed by atoms with Crippen LogP contribution in [0.5, 0.6) is 0 Å². The number of nitrogens with one attached hydrogen (secondary N) is 1. The highest BCUT2D eigenvalue weighted by Crippen LogP contribution is 2.24. The molecule has 5 heteroatoms. The highest BCUT2D eigenvalue weighted by molar-refractivity contribution is 9.11. The third kappa shape index (κ3) is 3.90. The van der Waals surface area contributed by atoms with Crippen molar-refractivity contribution in [1.29, 1.82) is 0 Å². The van der Waals surface area contributed by atoms with Crippen LogP contribution in [0.25, 0.3) is 0 Å². The van der Waals surface area contributed by atoms with Gasteiger partial charge >= 0.3 is 0 Å². The largest absolute Gasteiger partial charge is 0.271 e. The van der Waals surface area contributed by atoms with Crippen LogP contribution in [0.2, 0.25) is 0 Å². The summed E-state index contributed by atoms with van der Waals surface area (Å²) in [5.74, 6) is 5.65. The molecule has 2 nitrogen and oxygen atoms in total. The molecule has 0 aliphatic heterocycles.